The van der Waals surface area contributed by atoms with Crippen LogP contribution in [0.3, 0.4) is 0 Å². The largest absolute Gasteiger partial charge is 0.322 e. The summed E-state index contributed by atoms with van der Waals surface area (Å²) in [6, 6.07) is 9.05. The van der Waals surface area contributed by atoms with Gasteiger partial charge in [-0.1, -0.05) is 12.1 Å². The first-order chi connectivity index (χ1) is 13.7. The summed E-state index contributed by atoms with van der Waals surface area (Å²) >= 11 is 2.63. The number of carbonyl (C=O) groups excluding carboxylic acids is 2. The van der Waals surface area contributed by atoms with E-state index in [-0.39, 0.29) is 9.90 Å². The number of imide groups is 1. The number of aromatic nitrogens is 1. The molecule has 0 aliphatic carbocycles. The number of nitrogens with zero attached hydrogens (tertiary/aromatic N) is 1. The first-order valence-electron chi connectivity index (χ1n) is 8.47. The van der Waals surface area contributed by atoms with Crippen LogP contribution in [0, 0.1) is 6.92 Å². The fourth-order valence-electron chi connectivity index (χ4n) is 2.92. The predicted octanol–water partition coefficient (Wildman–Crippen LogP) is 3.04. The van der Waals surface area contributed by atoms with E-state index in [2.05, 4.69) is 20.3 Å². The maximum absolute atomic E-state index is 12.8. The van der Waals surface area contributed by atoms with Gasteiger partial charge in [0.15, 0.2) is 0 Å². The van der Waals surface area contributed by atoms with Crippen molar-refractivity contribution in [1.29, 1.82) is 0 Å². The predicted molar refractivity (Wildman–Crippen MR) is 111 cm³/mol. The van der Waals surface area contributed by atoms with Gasteiger partial charge in [0.2, 0.25) is 0 Å². The highest BCUT2D eigenvalue weighted by Gasteiger charge is 2.43. The lowest BCUT2D eigenvalue weighted by atomic mass is 9.92. The number of thiophene rings is 1. The van der Waals surface area contributed by atoms with Crippen LogP contribution < -0.4 is 15.4 Å². The fraction of sp³-hybridized carbons (Fsp3) is 0.167. The standard InChI is InChI=1S/C18H16N4O4S3/c1-10-19-13(9-27-10)14-6-7-15(28-14)29(25,26)22-12-5-3-4-11(8-12)18(2)16(23)20-17(24)21-18/h3-9,22H,1-2H3,(H2,20,21,23,24)/t18-/m1/s1. The number of anilines is 1. The third-order valence-corrected chi connectivity index (χ3v) is 8.21. The molecular weight excluding hydrogens is 432 g/mol. The van der Waals surface area contributed by atoms with Gasteiger partial charge in [-0.2, -0.15) is 0 Å². The van der Waals surface area contributed by atoms with Gasteiger partial charge in [-0.25, -0.2) is 18.2 Å². The Bertz CT molecular complexity index is 1230. The Morgan fingerprint density at radius 1 is 1.17 bits per heavy atom. The Balaban J connectivity index is 1.60. The van der Waals surface area contributed by atoms with Crippen molar-refractivity contribution in [1.82, 2.24) is 15.6 Å². The maximum Gasteiger partial charge on any atom is 0.322 e. The van der Waals surface area contributed by atoms with Crippen LogP contribution in [0.1, 0.15) is 17.5 Å². The van der Waals surface area contributed by atoms with E-state index in [4.69, 9.17) is 0 Å². The Labute approximate surface area is 175 Å². The van der Waals surface area contributed by atoms with Crippen LogP contribution in [0.15, 0.2) is 46.0 Å². The first-order valence-corrected chi connectivity index (χ1v) is 11.6. The molecule has 1 saturated heterocycles. The van der Waals surface area contributed by atoms with Crippen molar-refractivity contribution in [3.05, 3.63) is 52.3 Å². The van der Waals surface area contributed by atoms with Crippen LogP contribution in [0.25, 0.3) is 10.6 Å². The molecular formula is C18H16N4O4S3. The van der Waals surface area contributed by atoms with Gasteiger partial charge in [0, 0.05) is 11.1 Å². The normalized spacial score (nSPS) is 19.1. The molecule has 3 aromatic rings. The highest BCUT2D eigenvalue weighted by Crippen LogP contribution is 2.33. The second-order valence-electron chi connectivity index (χ2n) is 6.59. The second-order valence-corrected chi connectivity index (χ2v) is 10.6. The van der Waals surface area contributed by atoms with Gasteiger partial charge in [-0.15, -0.1) is 22.7 Å². The van der Waals surface area contributed by atoms with E-state index < -0.39 is 27.5 Å². The van der Waals surface area contributed by atoms with Crippen molar-refractivity contribution >= 4 is 50.3 Å². The van der Waals surface area contributed by atoms with Crippen molar-refractivity contribution in [3.8, 4) is 10.6 Å². The molecule has 1 atom stereocenters. The number of hydrogen-bond donors (Lipinski definition) is 3. The number of sulfonamides is 1. The molecule has 150 valence electrons. The zero-order valence-corrected chi connectivity index (χ0v) is 17.8. The third-order valence-electron chi connectivity index (χ3n) is 4.45. The van der Waals surface area contributed by atoms with E-state index in [9.17, 15) is 18.0 Å². The van der Waals surface area contributed by atoms with Crippen LogP contribution in [0.5, 0.6) is 0 Å². The molecule has 3 N–H and O–H groups in total. The lowest BCUT2D eigenvalue weighted by Gasteiger charge is -2.21. The van der Waals surface area contributed by atoms with Crippen LogP contribution in [0.4, 0.5) is 10.5 Å². The van der Waals surface area contributed by atoms with Gasteiger partial charge in [0.05, 0.1) is 15.6 Å². The van der Waals surface area contributed by atoms with E-state index in [0.717, 1.165) is 26.9 Å². The zero-order valence-electron chi connectivity index (χ0n) is 15.3. The molecule has 0 radical (unpaired) electrons. The van der Waals surface area contributed by atoms with Gasteiger partial charge in [-0.05, 0) is 43.7 Å². The summed E-state index contributed by atoms with van der Waals surface area (Å²) < 4.78 is 28.3. The first kappa shape index (κ1) is 19.6. The van der Waals surface area contributed by atoms with Crippen molar-refractivity contribution in [2.45, 2.75) is 23.6 Å². The van der Waals surface area contributed by atoms with E-state index in [1.54, 1.807) is 31.2 Å². The second kappa shape index (κ2) is 6.94. The van der Waals surface area contributed by atoms with E-state index in [1.807, 2.05) is 12.3 Å². The monoisotopic (exact) mass is 448 g/mol. The Morgan fingerprint density at radius 2 is 1.97 bits per heavy atom. The molecule has 1 aromatic carbocycles. The molecule has 0 saturated carbocycles. The molecule has 2 aromatic heterocycles. The molecule has 1 aliphatic rings. The summed E-state index contributed by atoms with van der Waals surface area (Å²) in [5, 5.41) is 7.54. The average molecular weight is 449 g/mol. The Kier molecular flexibility index (Phi) is 4.68. The lowest BCUT2D eigenvalue weighted by Crippen LogP contribution is -2.40. The highest BCUT2D eigenvalue weighted by atomic mass is 32.2. The molecule has 0 spiro atoms. The van der Waals surface area contributed by atoms with Crippen LogP contribution >= 0.6 is 22.7 Å². The van der Waals surface area contributed by atoms with Crippen molar-refractivity contribution < 1.29 is 18.0 Å². The Morgan fingerprint density at radius 3 is 2.62 bits per heavy atom. The van der Waals surface area contributed by atoms with Crippen LogP contribution in [-0.2, 0) is 20.4 Å². The highest BCUT2D eigenvalue weighted by molar-refractivity contribution is 7.94. The molecule has 0 bridgehead atoms. The summed E-state index contributed by atoms with van der Waals surface area (Å²) in [6.45, 7) is 3.45. The topological polar surface area (TPSA) is 117 Å². The number of carbonyl (C=O) groups is 2. The van der Waals surface area contributed by atoms with Gasteiger partial charge in [0.25, 0.3) is 15.9 Å². The van der Waals surface area contributed by atoms with Crippen molar-refractivity contribution in [2.75, 3.05) is 4.72 Å². The average Bonchev–Trinajstić information content (AvgIpc) is 3.35. The molecule has 11 heteroatoms. The Hall–Kier alpha value is -2.76. The third kappa shape index (κ3) is 3.63. The van der Waals surface area contributed by atoms with E-state index >= 15 is 0 Å². The van der Waals surface area contributed by atoms with Crippen molar-refractivity contribution in [3.63, 3.8) is 0 Å². The fourth-order valence-corrected chi connectivity index (χ4v) is 5.93. The minimum absolute atomic E-state index is 0.154. The number of rotatable bonds is 5. The number of aryl methyl sites for hydroxylation is 1. The zero-order chi connectivity index (χ0) is 20.8. The molecule has 3 heterocycles. The van der Waals surface area contributed by atoms with E-state index in [1.165, 1.54) is 23.5 Å². The van der Waals surface area contributed by atoms with Gasteiger partial charge in [-0.3, -0.25) is 14.8 Å². The number of amides is 3. The van der Waals surface area contributed by atoms with Crippen LogP contribution in [-0.4, -0.2) is 25.3 Å². The van der Waals surface area contributed by atoms with Crippen LogP contribution in [0.2, 0.25) is 0 Å². The molecule has 0 unspecified atom stereocenters. The summed E-state index contributed by atoms with van der Waals surface area (Å²) in [4.78, 5) is 28.8. The minimum atomic E-state index is -3.82. The number of nitrogens with one attached hydrogen (secondary N) is 3. The van der Waals surface area contributed by atoms with E-state index in [0.29, 0.717) is 5.56 Å². The number of benzene rings is 1. The van der Waals surface area contributed by atoms with Gasteiger partial charge in [0.1, 0.15) is 9.75 Å². The lowest BCUT2D eigenvalue weighted by molar-refractivity contribution is -0.123. The molecule has 8 nitrogen and oxygen atoms in total. The number of hydrogen-bond acceptors (Lipinski definition) is 7. The smallest absolute Gasteiger partial charge is 0.320 e. The summed E-state index contributed by atoms with van der Waals surface area (Å²) in [6.07, 6.45) is 0. The number of thiazole rings is 1. The van der Waals surface area contributed by atoms with Crippen molar-refractivity contribution in [2.24, 2.45) is 0 Å². The molecule has 1 aliphatic heterocycles. The minimum Gasteiger partial charge on any atom is -0.320 e. The SMILES string of the molecule is Cc1nc(-c2ccc(S(=O)(=O)Nc3cccc([C@@]4(C)NC(=O)NC4=O)c3)s2)cs1. The van der Waals surface area contributed by atoms with Gasteiger partial charge < -0.3 is 5.32 Å². The maximum atomic E-state index is 12.8. The quantitative estimate of drug-likeness (QED) is 0.519. The molecule has 4 rings (SSSR count). The molecule has 1 fully saturated rings. The molecule has 3 amide bonds. The summed E-state index contributed by atoms with van der Waals surface area (Å²) in [5.74, 6) is -0.496. The van der Waals surface area contributed by atoms with Gasteiger partial charge >= 0.3 is 6.03 Å². The summed E-state index contributed by atoms with van der Waals surface area (Å²) in [5.41, 5.74) is 0.233. The summed E-state index contributed by atoms with van der Waals surface area (Å²) in [7, 11) is -3.82. The molecule has 29 heavy (non-hydrogen) atoms. The number of urea groups is 1.